The first kappa shape index (κ1) is 11.7. The molecule has 0 saturated heterocycles. The van der Waals surface area contributed by atoms with Crippen LogP contribution in [0.4, 0.5) is 10.1 Å². The third-order valence-corrected chi connectivity index (χ3v) is 3.31. The Kier molecular flexibility index (Phi) is 4.07. The van der Waals surface area contributed by atoms with Gasteiger partial charge in [0.2, 0.25) is 0 Å². The van der Waals surface area contributed by atoms with Crippen molar-refractivity contribution in [3.63, 3.8) is 0 Å². The highest BCUT2D eigenvalue weighted by Crippen LogP contribution is 2.35. The van der Waals surface area contributed by atoms with Crippen LogP contribution >= 0.6 is 23.5 Å². The molecule has 1 heterocycles. The van der Waals surface area contributed by atoms with E-state index in [2.05, 4.69) is 4.40 Å². The zero-order chi connectivity index (χ0) is 11.4. The molecule has 0 aliphatic carbocycles. The van der Waals surface area contributed by atoms with E-state index in [0.29, 0.717) is 11.4 Å². The largest absolute Gasteiger partial charge is 0.331 e. The summed E-state index contributed by atoms with van der Waals surface area (Å²) in [6, 6.07) is 5.74. The molecule has 5 heteroatoms. The standard InChI is InChI=1S/C11H12ClFN2S/c12-9-3-4-10-11(7-9)16-14-8-15(10)6-2-1-5-13/h3-4,7-8H,1-2,5-6H2. The Labute approximate surface area is 104 Å². The number of alkyl halides is 1. The highest BCUT2D eigenvalue weighted by molar-refractivity contribution is 7.98. The summed E-state index contributed by atoms with van der Waals surface area (Å²) in [5.74, 6) is 0. The van der Waals surface area contributed by atoms with Gasteiger partial charge in [0.25, 0.3) is 0 Å². The molecule has 2 rings (SSSR count). The zero-order valence-electron chi connectivity index (χ0n) is 8.70. The van der Waals surface area contributed by atoms with Crippen LogP contribution in [0.3, 0.4) is 0 Å². The topological polar surface area (TPSA) is 15.6 Å². The van der Waals surface area contributed by atoms with Crippen LogP contribution in [0.5, 0.6) is 0 Å². The monoisotopic (exact) mass is 258 g/mol. The summed E-state index contributed by atoms with van der Waals surface area (Å²) < 4.78 is 16.2. The zero-order valence-corrected chi connectivity index (χ0v) is 10.3. The second-order valence-corrected chi connectivity index (χ2v) is 4.78. The normalized spacial score (nSPS) is 14.0. The Balaban J connectivity index is 2.10. The van der Waals surface area contributed by atoms with Gasteiger partial charge >= 0.3 is 0 Å². The average molecular weight is 259 g/mol. The molecule has 0 unspecified atom stereocenters. The minimum atomic E-state index is -0.257. The van der Waals surface area contributed by atoms with E-state index in [9.17, 15) is 4.39 Å². The van der Waals surface area contributed by atoms with Gasteiger partial charge in [0, 0.05) is 23.5 Å². The molecule has 0 N–H and O–H groups in total. The fourth-order valence-electron chi connectivity index (χ4n) is 1.55. The van der Waals surface area contributed by atoms with Crippen LogP contribution in [0.15, 0.2) is 27.5 Å². The Morgan fingerprint density at radius 3 is 3.06 bits per heavy atom. The van der Waals surface area contributed by atoms with Crippen molar-refractivity contribution < 1.29 is 4.39 Å². The Hall–Kier alpha value is -0.740. The third-order valence-electron chi connectivity index (χ3n) is 2.35. The molecule has 0 aromatic heterocycles. The van der Waals surface area contributed by atoms with Crippen LogP contribution in [0.2, 0.25) is 5.02 Å². The SMILES string of the molecule is FCCCCN1C=NSc2cc(Cl)ccc21. The van der Waals surface area contributed by atoms with E-state index in [-0.39, 0.29) is 6.67 Å². The maximum absolute atomic E-state index is 12.0. The lowest BCUT2D eigenvalue weighted by molar-refractivity contribution is 0.464. The molecule has 0 saturated carbocycles. The van der Waals surface area contributed by atoms with Crippen molar-refractivity contribution in [3.8, 4) is 0 Å². The molecular formula is C11H12ClFN2S. The van der Waals surface area contributed by atoms with Crippen molar-refractivity contribution in [1.82, 2.24) is 0 Å². The van der Waals surface area contributed by atoms with E-state index in [0.717, 1.165) is 23.5 Å². The molecule has 1 aromatic carbocycles. The molecule has 0 fully saturated rings. The van der Waals surface area contributed by atoms with Crippen molar-refractivity contribution in [1.29, 1.82) is 0 Å². The van der Waals surface area contributed by atoms with Gasteiger partial charge in [-0.3, -0.25) is 4.39 Å². The fourth-order valence-corrected chi connectivity index (χ4v) is 2.52. The van der Waals surface area contributed by atoms with Gasteiger partial charge in [-0.15, -0.1) is 0 Å². The summed E-state index contributed by atoms with van der Waals surface area (Å²) in [4.78, 5) is 3.09. The second kappa shape index (κ2) is 5.55. The van der Waals surface area contributed by atoms with E-state index >= 15 is 0 Å². The maximum Gasteiger partial charge on any atom is 0.104 e. The first-order valence-electron chi connectivity index (χ1n) is 5.14. The highest BCUT2D eigenvalue weighted by atomic mass is 35.5. The molecule has 86 valence electrons. The molecule has 1 aliphatic rings. The number of nitrogens with zero attached hydrogens (tertiary/aromatic N) is 2. The first-order valence-corrected chi connectivity index (χ1v) is 6.29. The van der Waals surface area contributed by atoms with Gasteiger partial charge < -0.3 is 4.90 Å². The summed E-state index contributed by atoms with van der Waals surface area (Å²) >= 11 is 7.33. The highest BCUT2D eigenvalue weighted by Gasteiger charge is 2.14. The predicted molar refractivity (Wildman–Crippen MR) is 68.4 cm³/mol. The van der Waals surface area contributed by atoms with Crippen LogP contribution in [-0.4, -0.2) is 19.6 Å². The molecule has 1 aliphatic heterocycles. The minimum Gasteiger partial charge on any atom is -0.331 e. The molecule has 0 spiro atoms. The predicted octanol–water partition coefficient (Wildman–Crippen LogP) is 3.95. The fraction of sp³-hybridized carbons (Fsp3) is 0.364. The summed E-state index contributed by atoms with van der Waals surface area (Å²) in [6.45, 7) is 0.538. The summed E-state index contributed by atoms with van der Waals surface area (Å²) in [7, 11) is 0. The van der Waals surface area contributed by atoms with Crippen molar-refractivity contribution in [3.05, 3.63) is 23.2 Å². The second-order valence-electron chi connectivity index (χ2n) is 3.51. The lowest BCUT2D eigenvalue weighted by Crippen LogP contribution is -2.24. The number of hydrogen-bond donors (Lipinski definition) is 0. The Morgan fingerprint density at radius 2 is 2.25 bits per heavy atom. The van der Waals surface area contributed by atoms with Crippen LogP contribution in [0, 0.1) is 0 Å². The van der Waals surface area contributed by atoms with Gasteiger partial charge in [-0.2, -0.15) is 0 Å². The molecular weight excluding hydrogens is 247 g/mol. The number of unbranched alkanes of at least 4 members (excludes halogenated alkanes) is 1. The van der Waals surface area contributed by atoms with Crippen LogP contribution in [0.25, 0.3) is 0 Å². The molecule has 2 nitrogen and oxygen atoms in total. The van der Waals surface area contributed by atoms with Gasteiger partial charge in [-0.05, 0) is 31.0 Å². The minimum absolute atomic E-state index is 0.257. The van der Waals surface area contributed by atoms with E-state index in [4.69, 9.17) is 11.6 Å². The Bertz CT molecular complexity index is 398. The van der Waals surface area contributed by atoms with Crippen molar-refractivity contribution >= 4 is 35.6 Å². The first-order chi connectivity index (χ1) is 7.81. The van der Waals surface area contributed by atoms with E-state index in [1.54, 1.807) is 6.34 Å². The van der Waals surface area contributed by atoms with E-state index in [1.165, 1.54) is 11.9 Å². The van der Waals surface area contributed by atoms with Crippen molar-refractivity contribution in [2.24, 2.45) is 4.40 Å². The summed E-state index contributed by atoms with van der Waals surface area (Å²) in [5, 5.41) is 0.715. The number of fused-ring (bicyclic) bond motifs is 1. The van der Waals surface area contributed by atoms with E-state index < -0.39 is 0 Å². The third kappa shape index (κ3) is 2.68. The van der Waals surface area contributed by atoms with Crippen molar-refractivity contribution in [2.75, 3.05) is 18.1 Å². The number of halogens is 2. The average Bonchev–Trinajstić information content (AvgIpc) is 2.29. The molecule has 16 heavy (non-hydrogen) atoms. The van der Waals surface area contributed by atoms with Gasteiger partial charge in [0.15, 0.2) is 0 Å². The maximum atomic E-state index is 12.0. The number of rotatable bonds is 4. The van der Waals surface area contributed by atoms with Crippen LogP contribution in [-0.2, 0) is 0 Å². The van der Waals surface area contributed by atoms with Crippen LogP contribution in [0.1, 0.15) is 12.8 Å². The molecule has 0 bridgehead atoms. The number of hydrogen-bond acceptors (Lipinski definition) is 3. The van der Waals surface area contributed by atoms with Crippen LogP contribution < -0.4 is 4.90 Å². The molecule has 0 radical (unpaired) electrons. The van der Waals surface area contributed by atoms with E-state index in [1.807, 2.05) is 23.1 Å². The molecule has 1 aromatic rings. The summed E-state index contributed by atoms with van der Waals surface area (Å²) in [6.07, 6.45) is 3.22. The molecule has 0 amide bonds. The lowest BCUT2D eigenvalue weighted by atomic mass is 10.2. The molecule has 0 atom stereocenters. The number of anilines is 1. The van der Waals surface area contributed by atoms with Gasteiger partial charge in [0.1, 0.15) is 6.34 Å². The Morgan fingerprint density at radius 1 is 1.38 bits per heavy atom. The summed E-state index contributed by atoms with van der Waals surface area (Å²) in [5.41, 5.74) is 1.10. The smallest absolute Gasteiger partial charge is 0.104 e. The van der Waals surface area contributed by atoms with Gasteiger partial charge in [-0.1, -0.05) is 11.6 Å². The quantitative estimate of drug-likeness (QED) is 0.600. The van der Waals surface area contributed by atoms with Gasteiger partial charge in [0.05, 0.1) is 17.3 Å². The van der Waals surface area contributed by atoms with Gasteiger partial charge in [-0.25, -0.2) is 4.40 Å². The lowest BCUT2D eigenvalue weighted by Gasteiger charge is -2.24. The number of benzene rings is 1. The van der Waals surface area contributed by atoms with Crippen molar-refractivity contribution in [2.45, 2.75) is 17.7 Å².